The average Bonchev–Trinajstić information content (AvgIpc) is 2.69. The monoisotopic (exact) mass is 199 g/mol. The summed E-state index contributed by atoms with van der Waals surface area (Å²) in [7, 11) is 1.76. The fourth-order valence-electron chi connectivity index (χ4n) is 2.47. The lowest BCUT2D eigenvalue weighted by atomic mass is 9.87. The van der Waals surface area contributed by atoms with E-state index in [4.69, 9.17) is 4.74 Å². The molecule has 1 aliphatic carbocycles. The fourth-order valence-corrected chi connectivity index (χ4v) is 2.47. The van der Waals surface area contributed by atoms with E-state index in [9.17, 15) is 0 Å². The van der Waals surface area contributed by atoms with E-state index in [0.717, 1.165) is 25.0 Å². The second-order valence-corrected chi connectivity index (χ2v) is 4.64. The molecule has 0 bridgehead atoms. The van der Waals surface area contributed by atoms with Gasteiger partial charge in [0.05, 0.1) is 6.61 Å². The first-order valence-electron chi connectivity index (χ1n) is 5.98. The molecule has 0 aromatic rings. The molecule has 14 heavy (non-hydrogen) atoms. The summed E-state index contributed by atoms with van der Waals surface area (Å²) in [5.41, 5.74) is 0. The van der Waals surface area contributed by atoms with Crippen LogP contribution in [0.4, 0.5) is 0 Å². The summed E-state index contributed by atoms with van der Waals surface area (Å²) in [6, 6.07) is 0.633. The summed E-state index contributed by atoms with van der Waals surface area (Å²) in [5.74, 6) is 1.77. The van der Waals surface area contributed by atoms with Crippen LogP contribution in [-0.4, -0.2) is 26.3 Å². The Kier molecular flexibility index (Phi) is 5.49. The minimum absolute atomic E-state index is 0.633. The van der Waals surface area contributed by atoms with Crippen molar-refractivity contribution in [3.8, 4) is 0 Å². The molecule has 84 valence electrons. The van der Waals surface area contributed by atoms with Gasteiger partial charge in [0, 0.05) is 19.7 Å². The Morgan fingerprint density at radius 2 is 1.93 bits per heavy atom. The van der Waals surface area contributed by atoms with Crippen LogP contribution in [0.1, 0.15) is 39.5 Å². The van der Waals surface area contributed by atoms with Crippen molar-refractivity contribution in [2.24, 2.45) is 11.8 Å². The lowest BCUT2D eigenvalue weighted by Crippen LogP contribution is -2.37. The smallest absolute Gasteiger partial charge is 0.0587 e. The van der Waals surface area contributed by atoms with Crippen molar-refractivity contribution in [2.75, 3.05) is 20.3 Å². The van der Waals surface area contributed by atoms with Crippen molar-refractivity contribution in [3.63, 3.8) is 0 Å². The second-order valence-electron chi connectivity index (χ2n) is 4.64. The summed E-state index contributed by atoms with van der Waals surface area (Å²) in [6.07, 6.45) is 5.77. The molecule has 0 aromatic carbocycles. The van der Waals surface area contributed by atoms with Crippen molar-refractivity contribution in [1.82, 2.24) is 5.32 Å². The highest BCUT2D eigenvalue weighted by Gasteiger charge is 2.25. The minimum Gasteiger partial charge on any atom is -0.383 e. The Balaban J connectivity index is 2.17. The molecule has 1 N–H and O–H groups in total. The Bertz CT molecular complexity index is 143. The van der Waals surface area contributed by atoms with Crippen LogP contribution in [0.5, 0.6) is 0 Å². The molecule has 0 amide bonds. The Morgan fingerprint density at radius 3 is 2.50 bits per heavy atom. The molecule has 0 saturated heterocycles. The number of hydrogen-bond donors (Lipinski definition) is 1. The van der Waals surface area contributed by atoms with Crippen LogP contribution in [0.2, 0.25) is 0 Å². The van der Waals surface area contributed by atoms with Gasteiger partial charge in [0.15, 0.2) is 0 Å². The highest BCUT2D eigenvalue weighted by atomic mass is 16.5. The lowest BCUT2D eigenvalue weighted by molar-refractivity contribution is 0.187. The maximum Gasteiger partial charge on any atom is 0.0587 e. The molecule has 1 aliphatic rings. The Labute approximate surface area is 88.4 Å². The van der Waals surface area contributed by atoms with E-state index < -0.39 is 0 Å². The predicted molar refractivity (Wildman–Crippen MR) is 60.5 cm³/mol. The molecular formula is C12H25NO. The highest BCUT2D eigenvalue weighted by molar-refractivity contribution is 4.79. The second kappa shape index (κ2) is 6.41. The molecule has 2 atom stereocenters. The van der Waals surface area contributed by atoms with Gasteiger partial charge in [-0.15, -0.1) is 0 Å². The zero-order chi connectivity index (χ0) is 10.4. The van der Waals surface area contributed by atoms with E-state index in [1.54, 1.807) is 7.11 Å². The maximum atomic E-state index is 5.03. The SMILES string of the molecule is COCCNC(C)C(C)C1CCCC1. The number of nitrogens with one attached hydrogen (secondary N) is 1. The van der Waals surface area contributed by atoms with Gasteiger partial charge >= 0.3 is 0 Å². The molecule has 0 aliphatic heterocycles. The quantitative estimate of drug-likeness (QED) is 0.663. The minimum atomic E-state index is 0.633. The van der Waals surface area contributed by atoms with Gasteiger partial charge < -0.3 is 10.1 Å². The summed E-state index contributed by atoms with van der Waals surface area (Å²) < 4.78 is 5.03. The van der Waals surface area contributed by atoms with Crippen LogP contribution in [0.25, 0.3) is 0 Å². The lowest BCUT2D eigenvalue weighted by Gasteiger charge is -2.26. The van der Waals surface area contributed by atoms with Gasteiger partial charge in [-0.1, -0.05) is 32.6 Å². The van der Waals surface area contributed by atoms with Crippen molar-refractivity contribution in [1.29, 1.82) is 0 Å². The van der Waals surface area contributed by atoms with Gasteiger partial charge in [-0.25, -0.2) is 0 Å². The molecule has 2 nitrogen and oxygen atoms in total. The molecular weight excluding hydrogens is 174 g/mol. The first kappa shape index (κ1) is 12.0. The van der Waals surface area contributed by atoms with Crippen LogP contribution in [0, 0.1) is 11.8 Å². The van der Waals surface area contributed by atoms with E-state index in [-0.39, 0.29) is 0 Å². The summed E-state index contributed by atoms with van der Waals surface area (Å²) in [6.45, 7) is 6.50. The van der Waals surface area contributed by atoms with Gasteiger partial charge in [-0.3, -0.25) is 0 Å². The van der Waals surface area contributed by atoms with E-state index in [0.29, 0.717) is 6.04 Å². The van der Waals surface area contributed by atoms with Gasteiger partial charge in [-0.05, 0) is 18.8 Å². The van der Waals surface area contributed by atoms with E-state index in [1.165, 1.54) is 25.7 Å². The normalized spacial score (nSPS) is 22.5. The summed E-state index contributed by atoms with van der Waals surface area (Å²) in [5, 5.41) is 3.54. The van der Waals surface area contributed by atoms with E-state index in [1.807, 2.05) is 0 Å². The van der Waals surface area contributed by atoms with Gasteiger partial charge in [0.1, 0.15) is 0 Å². The van der Waals surface area contributed by atoms with Crippen molar-refractivity contribution in [2.45, 2.75) is 45.6 Å². The molecule has 1 fully saturated rings. The van der Waals surface area contributed by atoms with Crippen LogP contribution < -0.4 is 5.32 Å². The number of hydrogen-bond acceptors (Lipinski definition) is 2. The van der Waals surface area contributed by atoms with Gasteiger partial charge in [0.2, 0.25) is 0 Å². The van der Waals surface area contributed by atoms with Crippen LogP contribution in [0.15, 0.2) is 0 Å². The number of methoxy groups -OCH3 is 1. The van der Waals surface area contributed by atoms with Gasteiger partial charge in [-0.2, -0.15) is 0 Å². The third-order valence-electron chi connectivity index (χ3n) is 3.70. The number of rotatable bonds is 6. The standard InChI is InChI=1S/C12H25NO/c1-10(12-6-4-5-7-12)11(2)13-8-9-14-3/h10-13H,4-9H2,1-3H3. The number of ether oxygens (including phenoxy) is 1. The summed E-state index contributed by atoms with van der Waals surface area (Å²) in [4.78, 5) is 0. The highest BCUT2D eigenvalue weighted by Crippen LogP contribution is 2.32. The van der Waals surface area contributed by atoms with E-state index in [2.05, 4.69) is 19.2 Å². The molecule has 2 heteroatoms. The van der Waals surface area contributed by atoms with Crippen molar-refractivity contribution in [3.05, 3.63) is 0 Å². The first-order chi connectivity index (χ1) is 6.75. The molecule has 1 saturated carbocycles. The Hall–Kier alpha value is -0.0800. The fraction of sp³-hybridized carbons (Fsp3) is 1.00. The average molecular weight is 199 g/mol. The van der Waals surface area contributed by atoms with Gasteiger partial charge in [0.25, 0.3) is 0 Å². The third-order valence-corrected chi connectivity index (χ3v) is 3.70. The first-order valence-corrected chi connectivity index (χ1v) is 5.98. The summed E-state index contributed by atoms with van der Waals surface area (Å²) >= 11 is 0. The molecule has 2 unspecified atom stereocenters. The van der Waals surface area contributed by atoms with Crippen molar-refractivity contribution >= 4 is 0 Å². The van der Waals surface area contributed by atoms with Crippen LogP contribution in [-0.2, 0) is 4.74 Å². The van der Waals surface area contributed by atoms with Crippen LogP contribution >= 0.6 is 0 Å². The largest absolute Gasteiger partial charge is 0.383 e. The molecule has 0 radical (unpaired) electrons. The molecule has 0 aromatic heterocycles. The zero-order valence-corrected chi connectivity index (χ0v) is 9.88. The predicted octanol–water partition coefficient (Wildman–Crippen LogP) is 2.44. The third kappa shape index (κ3) is 3.58. The molecule has 0 heterocycles. The maximum absolute atomic E-state index is 5.03. The van der Waals surface area contributed by atoms with E-state index >= 15 is 0 Å². The molecule has 0 spiro atoms. The molecule has 1 rings (SSSR count). The zero-order valence-electron chi connectivity index (χ0n) is 9.88. The topological polar surface area (TPSA) is 21.3 Å². The van der Waals surface area contributed by atoms with Crippen LogP contribution in [0.3, 0.4) is 0 Å². The Morgan fingerprint density at radius 1 is 1.29 bits per heavy atom. The van der Waals surface area contributed by atoms with Crippen molar-refractivity contribution < 1.29 is 4.74 Å².